The first-order valence-electron chi connectivity index (χ1n) is 20.9. The van der Waals surface area contributed by atoms with Crippen LogP contribution < -0.4 is 19.4 Å². The molecule has 3 aliphatic heterocycles. The van der Waals surface area contributed by atoms with Crippen LogP contribution in [0.2, 0.25) is 0 Å². The highest BCUT2D eigenvalue weighted by Gasteiger charge is 2.34. The van der Waals surface area contributed by atoms with Gasteiger partial charge in [0.25, 0.3) is 0 Å². The van der Waals surface area contributed by atoms with E-state index in [0.29, 0.717) is 6.67 Å². The monoisotopic (exact) mass is 839 g/mol. The van der Waals surface area contributed by atoms with Gasteiger partial charge < -0.3 is 19.4 Å². The minimum Gasteiger partial charge on any atom is -0.457 e. The van der Waals surface area contributed by atoms with Gasteiger partial charge in [-0.1, -0.05) is 111 Å². The van der Waals surface area contributed by atoms with E-state index in [2.05, 4.69) is 210 Å². The molecule has 7 aromatic carbocycles. The summed E-state index contributed by atoms with van der Waals surface area (Å²) in [4.78, 5) is 17.1. The topological polar surface area (TPSA) is 36.8 Å². The van der Waals surface area contributed by atoms with Crippen LogP contribution in [-0.2, 0) is 5.41 Å². The number of hydrogen-bond donors (Lipinski definition) is 0. The van der Waals surface area contributed by atoms with Crippen LogP contribution in [0, 0.1) is 0 Å². The Bertz CT molecular complexity index is 3210. The Morgan fingerprint density at radius 2 is 1.23 bits per heavy atom. The van der Waals surface area contributed by atoms with Gasteiger partial charge in [0, 0.05) is 72.5 Å². The minimum absolute atomic E-state index is 0.0197. The second-order valence-electron chi connectivity index (χ2n) is 17.0. The molecule has 5 heterocycles. The third kappa shape index (κ3) is 6.24. The molecule has 0 spiro atoms. The summed E-state index contributed by atoms with van der Waals surface area (Å²) >= 11 is 3.72. The zero-order valence-electron chi connectivity index (χ0n) is 34.5. The zero-order valence-corrected chi connectivity index (χ0v) is 36.1. The molecule has 0 atom stereocenters. The number of ether oxygens (including phenoxy) is 1. The SMILES string of the molecule is CC(C)(C)c1ccnc(-n2c3ccc(-c4ccccc4)cc3c3ccc(Oc4cccc(N5C=CN(c6cc7c8c(c6)Sc6ccccc6N8c6ccccc6S7)C5)c4)cc32)c1. The predicted octanol–water partition coefficient (Wildman–Crippen LogP) is 15.1. The fourth-order valence-electron chi connectivity index (χ4n) is 8.92. The van der Waals surface area contributed by atoms with Crippen molar-refractivity contribution in [1.29, 1.82) is 0 Å². The molecule has 0 saturated carbocycles. The van der Waals surface area contributed by atoms with E-state index in [-0.39, 0.29) is 5.41 Å². The van der Waals surface area contributed by atoms with E-state index in [9.17, 15) is 0 Å². The van der Waals surface area contributed by atoms with Crippen LogP contribution in [-0.4, -0.2) is 16.2 Å². The average molecular weight is 840 g/mol. The van der Waals surface area contributed by atoms with Gasteiger partial charge in [-0.25, -0.2) is 4.98 Å². The summed E-state index contributed by atoms with van der Waals surface area (Å²) in [5, 5.41) is 2.33. The maximum atomic E-state index is 6.71. The number of anilines is 5. The fourth-order valence-corrected chi connectivity index (χ4v) is 11.2. The fraction of sp³-hybridized carbons (Fsp3) is 0.0926. The quantitative estimate of drug-likeness (QED) is 0.165. The van der Waals surface area contributed by atoms with Crippen molar-refractivity contribution >= 4 is 73.8 Å². The van der Waals surface area contributed by atoms with Crippen LogP contribution in [0.5, 0.6) is 11.5 Å². The van der Waals surface area contributed by atoms with Crippen LogP contribution in [0.3, 0.4) is 0 Å². The Hall–Kier alpha value is -6.87. The summed E-state index contributed by atoms with van der Waals surface area (Å²) in [5.74, 6) is 2.43. The van der Waals surface area contributed by atoms with Gasteiger partial charge in [0.05, 0.1) is 34.8 Å². The Kier molecular flexibility index (Phi) is 8.56. The molecule has 300 valence electrons. The molecule has 0 unspecified atom stereocenters. The van der Waals surface area contributed by atoms with Crippen LogP contribution in [0.25, 0.3) is 38.8 Å². The van der Waals surface area contributed by atoms with E-state index in [4.69, 9.17) is 9.72 Å². The number of pyridine rings is 1. The summed E-state index contributed by atoms with van der Waals surface area (Å²) in [6.07, 6.45) is 6.27. The second-order valence-corrected chi connectivity index (χ2v) is 19.2. The van der Waals surface area contributed by atoms with Crippen molar-refractivity contribution in [1.82, 2.24) is 9.55 Å². The zero-order chi connectivity index (χ0) is 41.5. The van der Waals surface area contributed by atoms with Crippen molar-refractivity contribution in [2.24, 2.45) is 0 Å². The number of aromatic nitrogens is 2. The highest BCUT2D eigenvalue weighted by molar-refractivity contribution is 8.00. The summed E-state index contributed by atoms with van der Waals surface area (Å²) in [6, 6.07) is 58.6. The van der Waals surface area contributed by atoms with Gasteiger partial charge in [-0.05, 0) is 107 Å². The van der Waals surface area contributed by atoms with Crippen molar-refractivity contribution in [3.05, 3.63) is 188 Å². The lowest BCUT2D eigenvalue weighted by Crippen LogP contribution is -2.25. The van der Waals surface area contributed by atoms with E-state index in [1.54, 1.807) is 0 Å². The Labute approximate surface area is 369 Å². The highest BCUT2D eigenvalue weighted by Crippen LogP contribution is 2.60. The first-order valence-corrected chi connectivity index (χ1v) is 22.6. The standard InChI is InChI=1S/C54H41N5OS2/c1-54(2,3)37-24-25-55-52(29-37)58-44-23-20-36(35-12-5-4-6-13-35)28-43(44)42-22-21-41(33-47(42)58)60-40-15-11-14-38(30-40)56-26-27-57(34-56)39-31-50-53-51(32-39)62-49-19-10-8-17-46(49)59(53)45-16-7-9-18-48(45)61-50/h4-33H,34H2,1-3H3. The van der Waals surface area contributed by atoms with Gasteiger partial charge in [0.2, 0.25) is 0 Å². The van der Waals surface area contributed by atoms with E-state index >= 15 is 0 Å². The Balaban J connectivity index is 0.855. The van der Waals surface area contributed by atoms with Crippen LogP contribution in [0.15, 0.2) is 202 Å². The summed E-state index contributed by atoms with van der Waals surface area (Å²) in [7, 11) is 0. The molecule has 9 aromatic rings. The molecular weight excluding hydrogens is 799 g/mol. The average Bonchev–Trinajstić information content (AvgIpc) is 3.92. The number of para-hydroxylation sites is 2. The molecule has 6 nitrogen and oxygen atoms in total. The van der Waals surface area contributed by atoms with Crippen LogP contribution >= 0.6 is 23.5 Å². The maximum absolute atomic E-state index is 6.71. The molecule has 0 radical (unpaired) electrons. The number of rotatable bonds is 6. The van der Waals surface area contributed by atoms with Crippen molar-refractivity contribution < 1.29 is 4.74 Å². The smallest absolute Gasteiger partial charge is 0.137 e. The molecule has 8 heteroatoms. The number of fused-ring (bicyclic) bond motifs is 7. The molecule has 12 rings (SSSR count). The number of benzene rings is 7. The maximum Gasteiger partial charge on any atom is 0.137 e. The van der Waals surface area contributed by atoms with Gasteiger partial charge in [-0.2, -0.15) is 0 Å². The molecule has 0 N–H and O–H groups in total. The lowest BCUT2D eigenvalue weighted by Gasteiger charge is -2.39. The largest absolute Gasteiger partial charge is 0.457 e. The molecule has 0 saturated heterocycles. The third-order valence-electron chi connectivity index (χ3n) is 12.0. The van der Waals surface area contributed by atoms with Gasteiger partial charge in [0.15, 0.2) is 0 Å². The molecule has 62 heavy (non-hydrogen) atoms. The molecule has 0 aliphatic carbocycles. The Morgan fingerprint density at radius 3 is 1.97 bits per heavy atom. The van der Waals surface area contributed by atoms with Crippen molar-refractivity contribution in [2.75, 3.05) is 21.4 Å². The normalized spacial score (nSPS) is 14.0. The molecule has 2 aromatic heterocycles. The third-order valence-corrected chi connectivity index (χ3v) is 14.2. The van der Waals surface area contributed by atoms with E-state index in [0.717, 1.165) is 39.4 Å². The minimum atomic E-state index is -0.0197. The summed E-state index contributed by atoms with van der Waals surface area (Å²) in [6.45, 7) is 7.42. The lowest BCUT2D eigenvalue weighted by atomic mass is 9.88. The highest BCUT2D eigenvalue weighted by atomic mass is 32.2. The van der Waals surface area contributed by atoms with Gasteiger partial charge in [0.1, 0.15) is 17.3 Å². The van der Waals surface area contributed by atoms with Gasteiger partial charge >= 0.3 is 0 Å². The first kappa shape index (κ1) is 36.9. The van der Waals surface area contributed by atoms with Crippen molar-refractivity contribution in [2.45, 2.75) is 45.8 Å². The van der Waals surface area contributed by atoms with Crippen molar-refractivity contribution in [3.8, 4) is 28.4 Å². The molecular formula is C54H41N5OS2. The van der Waals surface area contributed by atoms with Crippen molar-refractivity contribution in [3.63, 3.8) is 0 Å². The first-order chi connectivity index (χ1) is 30.3. The Morgan fingerprint density at radius 1 is 0.532 bits per heavy atom. The second kappa shape index (κ2) is 14.4. The van der Waals surface area contributed by atoms with E-state index in [1.165, 1.54) is 64.4 Å². The molecule has 0 fully saturated rings. The van der Waals surface area contributed by atoms with Gasteiger partial charge in [-0.15, -0.1) is 0 Å². The summed E-state index contributed by atoms with van der Waals surface area (Å²) < 4.78 is 8.99. The van der Waals surface area contributed by atoms with Gasteiger partial charge in [-0.3, -0.25) is 4.57 Å². The lowest BCUT2D eigenvalue weighted by molar-refractivity contribution is 0.483. The molecule has 0 amide bonds. The number of hydrogen-bond acceptors (Lipinski definition) is 7. The molecule has 0 bridgehead atoms. The summed E-state index contributed by atoms with van der Waals surface area (Å²) in [5.41, 5.74) is 11.7. The van der Waals surface area contributed by atoms with E-state index in [1.807, 2.05) is 35.8 Å². The van der Waals surface area contributed by atoms with Crippen LogP contribution in [0.4, 0.5) is 28.4 Å². The van der Waals surface area contributed by atoms with Crippen LogP contribution in [0.1, 0.15) is 26.3 Å². The number of nitrogens with zero attached hydrogens (tertiary/aromatic N) is 5. The molecule has 3 aliphatic rings. The van der Waals surface area contributed by atoms with E-state index < -0.39 is 0 Å². The predicted molar refractivity (Wildman–Crippen MR) is 258 cm³/mol.